The Kier molecular flexibility index (Phi) is 4.20. The third-order valence-electron chi connectivity index (χ3n) is 3.81. The normalized spacial score (nSPS) is 14.4. The molecule has 0 radical (unpaired) electrons. The van der Waals surface area contributed by atoms with E-state index in [-0.39, 0.29) is 16.7 Å². The molecule has 6 heteroatoms. The second-order valence-corrected chi connectivity index (χ2v) is 6.38. The molecule has 5 nitrogen and oxygen atoms in total. The third kappa shape index (κ3) is 3.17. The lowest BCUT2D eigenvalue weighted by Gasteiger charge is -2.23. The van der Waals surface area contributed by atoms with Crippen LogP contribution in [0.2, 0.25) is 0 Å². The van der Waals surface area contributed by atoms with Crippen LogP contribution in [0.3, 0.4) is 0 Å². The van der Waals surface area contributed by atoms with Crippen molar-refractivity contribution >= 4 is 28.3 Å². The Hall–Kier alpha value is -2.21. The molecule has 1 fully saturated rings. The van der Waals surface area contributed by atoms with Gasteiger partial charge >= 0.3 is 5.97 Å². The molecule has 1 heterocycles. The fourth-order valence-corrected chi connectivity index (χ4v) is 3.18. The van der Waals surface area contributed by atoms with Gasteiger partial charge in [-0.25, -0.2) is 9.78 Å². The molecule has 1 aliphatic carbocycles. The number of benzene rings is 1. The number of rotatable bonds is 5. The van der Waals surface area contributed by atoms with Crippen LogP contribution < -0.4 is 5.32 Å². The van der Waals surface area contributed by atoms with Crippen LogP contribution in [0.25, 0.3) is 0 Å². The number of carbonyl (C=O) groups excluding carboxylic acids is 1. The van der Waals surface area contributed by atoms with Gasteiger partial charge in [0.05, 0.1) is 5.69 Å². The zero-order valence-corrected chi connectivity index (χ0v) is 12.7. The van der Waals surface area contributed by atoms with Crippen LogP contribution in [0.5, 0.6) is 0 Å². The van der Waals surface area contributed by atoms with Crippen molar-refractivity contribution in [2.45, 2.75) is 25.7 Å². The molecule has 1 saturated carbocycles. The van der Waals surface area contributed by atoms with Gasteiger partial charge in [0.2, 0.25) is 5.91 Å². The first-order valence-electron chi connectivity index (χ1n) is 7.21. The van der Waals surface area contributed by atoms with E-state index in [1.54, 1.807) is 0 Å². The second-order valence-electron chi connectivity index (χ2n) is 5.38. The average molecular weight is 316 g/mol. The van der Waals surface area contributed by atoms with E-state index >= 15 is 0 Å². The Bertz CT molecular complexity index is 693. The van der Waals surface area contributed by atoms with Crippen LogP contribution in [0, 0.1) is 5.92 Å². The number of nitrogens with zero attached hydrogens (tertiary/aromatic N) is 1. The van der Waals surface area contributed by atoms with Crippen molar-refractivity contribution < 1.29 is 14.7 Å². The summed E-state index contributed by atoms with van der Waals surface area (Å²) in [4.78, 5) is 27.8. The van der Waals surface area contributed by atoms with Gasteiger partial charge in [0.15, 0.2) is 5.13 Å². The van der Waals surface area contributed by atoms with Gasteiger partial charge in [-0.15, -0.1) is 0 Å². The maximum absolute atomic E-state index is 12.0. The van der Waals surface area contributed by atoms with E-state index in [9.17, 15) is 14.7 Å². The Balaban J connectivity index is 1.79. The van der Waals surface area contributed by atoms with Crippen molar-refractivity contribution in [2.24, 2.45) is 5.92 Å². The highest BCUT2D eigenvalue weighted by Gasteiger charge is 2.27. The van der Waals surface area contributed by atoms with Gasteiger partial charge < -0.3 is 10.4 Å². The summed E-state index contributed by atoms with van der Waals surface area (Å²) in [6, 6.07) is 9.57. The summed E-state index contributed by atoms with van der Waals surface area (Å²) < 4.78 is 0. The molecule has 1 aliphatic rings. The number of carboxylic acids is 1. The maximum Gasteiger partial charge on any atom is 0.347 e. The maximum atomic E-state index is 12.0. The second kappa shape index (κ2) is 6.27. The van der Waals surface area contributed by atoms with Gasteiger partial charge in [0.25, 0.3) is 0 Å². The zero-order chi connectivity index (χ0) is 15.5. The van der Waals surface area contributed by atoms with E-state index in [4.69, 9.17) is 0 Å². The molecule has 2 N–H and O–H groups in total. The van der Waals surface area contributed by atoms with Crippen molar-refractivity contribution in [3.63, 3.8) is 0 Å². The summed E-state index contributed by atoms with van der Waals surface area (Å²) in [6.45, 7) is 0. The lowest BCUT2D eigenvalue weighted by Crippen LogP contribution is -2.27. The molecule has 0 atom stereocenters. The van der Waals surface area contributed by atoms with Gasteiger partial charge in [0, 0.05) is 12.3 Å². The van der Waals surface area contributed by atoms with E-state index < -0.39 is 5.97 Å². The fraction of sp³-hybridized carbons (Fsp3) is 0.312. The number of aromatic carboxylic acids is 1. The summed E-state index contributed by atoms with van der Waals surface area (Å²) in [5.41, 5.74) is 1.49. The molecule has 3 rings (SSSR count). The molecule has 0 spiro atoms. The third-order valence-corrected chi connectivity index (χ3v) is 4.81. The van der Waals surface area contributed by atoms with E-state index in [0.717, 1.165) is 36.2 Å². The summed E-state index contributed by atoms with van der Waals surface area (Å²) in [5, 5.41) is 12.4. The Morgan fingerprint density at radius 3 is 2.59 bits per heavy atom. The average Bonchev–Trinajstić information content (AvgIpc) is 2.80. The smallest absolute Gasteiger partial charge is 0.347 e. The first kappa shape index (κ1) is 14.7. The number of thiazole rings is 1. The Labute approximate surface area is 132 Å². The molecule has 114 valence electrons. The summed E-state index contributed by atoms with van der Waals surface area (Å²) in [6.07, 6.45) is 3.33. The van der Waals surface area contributed by atoms with Gasteiger partial charge in [-0.1, -0.05) is 48.1 Å². The Morgan fingerprint density at radius 1 is 1.27 bits per heavy atom. The molecule has 22 heavy (non-hydrogen) atoms. The first-order valence-corrected chi connectivity index (χ1v) is 8.03. The highest BCUT2D eigenvalue weighted by atomic mass is 32.1. The molecule has 1 aromatic heterocycles. The monoisotopic (exact) mass is 316 g/mol. The minimum Gasteiger partial charge on any atom is -0.477 e. The van der Waals surface area contributed by atoms with Crippen LogP contribution in [-0.2, 0) is 11.2 Å². The molecule has 0 saturated heterocycles. The molecule has 0 aliphatic heterocycles. The lowest BCUT2D eigenvalue weighted by atomic mass is 9.85. The van der Waals surface area contributed by atoms with Crippen molar-refractivity contribution in [3.8, 4) is 0 Å². The van der Waals surface area contributed by atoms with Crippen molar-refractivity contribution in [1.29, 1.82) is 0 Å². The van der Waals surface area contributed by atoms with Gasteiger partial charge in [0.1, 0.15) is 4.88 Å². The predicted molar refractivity (Wildman–Crippen MR) is 84.3 cm³/mol. The van der Waals surface area contributed by atoms with Gasteiger partial charge in [-0.2, -0.15) is 0 Å². The minimum atomic E-state index is -1.01. The number of hydrogen-bond donors (Lipinski definition) is 2. The number of aromatic nitrogens is 1. The molecular formula is C16H16N2O3S. The number of carboxylic acid groups (broad SMARTS) is 1. The molecule has 2 aromatic rings. The van der Waals surface area contributed by atoms with Gasteiger partial charge in [-0.3, -0.25) is 4.79 Å². The summed E-state index contributed by atoms with van der Waals surface area (Å²) in [7, 11) is 0. The number of hydrogen-bond acceptors (Lipinski definition) is 4. The number of nitrogens with one attached hydrogen (secondary N) is 1. The highest BCUT2D eigenvalue weighted by Crippen LogP contribution is 2.30. The van der Waals surface area contributed by atoms with Crippen molar-refractivity contribution in [1.82, 2.24) is 4.98 Å². The molecular weight excluding hydrogens is 300 g/mol. The number of carbonyl (C=O) groups is 2. The quantitative estimate of drug-likeness (QED) is 0.888. The standard InChI is InChI=1S/C16H16N2O3S/c19-14(11-7-4-8-11)18-16-17-12(13(22-16)15(20)21)9-10-5-2-1-3-6-10/h1-3,5-6,11H,4,7-9H2,(H,20,21)(H,17,18,19). The van der Waals surface area contributed by atoms with E-state index in [1.807, 2.05) is 30.3 Å². The van der Waals surface area contributed by atoms with Crippen molar-refractivity contribution in [3.05, 3.63) is 46.5 Å². The SMILES string of the molecule is O=C(O)c1sc(NC(=O)C2CCC2)nc1Cc1ccccc1. The summed E-state index contributed by atoms with van der Waals surface area (Å²) in [5.74, 6) is -1.01. The van der Waals surface area contributed by atoms with Crippen LogP contribution in [0.1, 0.15) is 40.2 Å². The zero-order valence-electron chi connectivity index (χ0n) is 11.9. The minimum absolute atomic E-state index is 0.0507. The molecule has 1 amide bonds. The number of amides is 1. The van der Waals surface area contributed by atoms with Gasteiger partial charge in [-0.05, 0) is 18.4 Å². The predicted octanol–water partition coefficient (Wildman–Crippen LogP) is 3.17. The van der Waals surface area contributed by atoms with E-state index in [2.05, 4.69) is 10.3 Å². The summed E-state index contributed by atoms with van der Waals surface area (Å²) >= 11 is 1.02. The first-order chi connectivity index (χ1) is 10.6. The highest BCUT2D eigenvalue weighted by molar-refractivity contribution is 7.17. The Morgan fingerprint density at radius 2 is 2.00 bits per heavy atom. The topological polar surface area (TPSA) is 79.3 Å². The van der Waals surface area contributed by atoms with E-state index in [0.29, 0.717) is 17.2 Å². The van der Waals surface area contributed by atoms with Crippen LogP contribution in [0.4, 0.5) is 5.13 Å². The largest absolute Gasteiger partial charge is 0.477 e. The molecule has 0 bridgehead atoms. The molecule has 1 aromatic carbocycles. The van der Waals surface area contributed by atoms with Crippen molar-refractivity contribution in [2.75, 3.05) is 5.32 Å². The lowest BCUT2D eigenvalue weighted by molar-refractivity contribution is -0.122. The van der Waals surface area contributed by atoms with E-state index in [1.165, 1.54) is 0 Å². The van der Waals surface area contributed by atoms with Crippen LogP contribution in [0.15, 0.2) is 30.3 Å². The fourth-order valence-electron chi connectivity index (χ4n) is 2.36. The van der Waals surface area contributed by atoms with Crippen LogP contribution in [-0.4, -0.2) is 22.0 Å². The molecule has 0 unspecified atom stereocenters. The number of anilines is 1. The van der Waals surface area contributed by atoms with Crippen LogP contribution >= 0.6 is 11.3 Å².